The highest BCUT2D eigenvalue weighted by molar-refractivity contribution is 4.62. The number of rotatable bonds is 6. The molecule has 11 heavy (non-hydrogen) atoms. The zero-order valence-electron chi connectivity index (χ0n) is 6.73. The van der Waals surface area contributed by atoms with Gasteiger partial charge >= 0.3 is 0 Å². The third kappa shape index (κ3) is 6.25. The van der Waals surface area contributed by atoms with Gasteiger partial charge in [-0.1, -0.05) is 0 Å². The van der Waals surface area contributed by atoms with Gasteiger partial charge in [0.15, 0.2) is 0 Å². The number of ether oxygens (including phenoxy) is 1. The molecule has 68 valence electrons. The summed E-state index contributed by atoms with van der Waals surface area (Å²) in [5.74, 6) is 0. The lowest BCUT2D eigenvalue weighted by Gasteiger charge is -2.13. The fraction of sp³-hybridized carbons (Fsp3) is 1.00. The quantitative estimate of drug-likeness (QED) is 0.477. The van der Waals surface area contributed by atoms with E-state index in [9.17, 15) is 0 Å². The normalized spacial score (nSPS) is 16.4. The van der Waals surface area contributed by atoms with Crippen LogP contribution in [0.1, 0.15) is 12.8 Å². The summed E-state index contributed by atoms with van der Waals surface area (Å²) in [4.78, 5) is 0. The summed E-state index contributed by atoms with van der Waals surface area (Å²) < 4.78 is 4.66. The molecule has 0 aliphatic rings. The number of hydrogen-bond donors (Lipinski definition) is 3. The lowest BCUT2D eigenvalue weighted by atomic mass is 10.1. The molecule has 0 spiro atoms. The molecule has 0 aliphatic heterocycles. The Hall–Kier alpha value is -0.160. The van der Waals surface area contributed by atoms with E-state index in [1.807, 2.05) is 0 Å². The zero-order chi connectivity index (χ0) is 8.69. The molecule has 3 N–H and O–H groups in total. The number of methoxy groups -OCH3 is 1. The largest absolute Gasteiger partial charge is 0.396 e. The van der Waals surface area contributed by atoms with Crippen LogP contribution < -0.4 is 0 Å². The Labute approximate surface area is 66.4 Å². The molecule has 0 heterocycles. The second kappa shape index (κ2) is 6.54. The van der Waals surface area contributed by atoms with Crippen LogP contribution in [-0.4, -0.2) is 47.9 Å². The van der Waals surface area contributed by atoms with Gasteiger partial charge in [-0.25, -0.2) is 0 Å². The first-order valence-electron chi connectivity index (χ1n) is 3.66. The van der Waals surface area contributed by atoms with Gasteiger partial charge in [0.25, 0.3) is 0 Å². The Morgan fingerprint density at radius 2 is 1.91 bits per heavy atom. The Balaban J connectivity index is 3.32. The molecule has 0 amide bonds. The second-order valence-electron chi connectivity index (χ2n) is 2.51. The Morgan fingerprint density at radius 1 is 1.27 bits per heavy atom. The van der Waals surface area contributed by atoms with Crippen LogP contribution >= 0.6 is 0 Å². The molecule has 0 bridgehead atoms. The van der Waals surface area contributed by atoms with Gasteiger partial charge in [-0.05, 0) is 6.42 Å². The van der Waals surface area contributed by atoms with Gasteiger partial charge in [-0.3, -0.25) is 0 Å². The molecule has 0 aromatic heterocycles. The van der Waals surface area contributed by atoms with Gasteiger partial charge in [0.05, 0.1) is 18.8 Å². The predicted octanol–water partition coefficient (Wildman–Crippen LogP) is -0.873. The summed E-state index contributed by atoms with van der Waals surface area (Å²) in [5.41, 5.74) is 0. The molecule has 0 aromatic carbocycles. The van der Waals surface area contributed by atoms with Gasteiger partial charge in [0.1, 0.15) is 0 Å². The van der Waals surface area contributed by atoms with Crippen LogP contribution in [0.4, 0.5) is 0 Å². The SMILES string of the molecule is COC[C@@H](O)C[C@H](O)CCO. The van der Waals surface area contributed by atoms with Crippen molar-refractivity contribution in [1.82, 2.24) is 0 Å². The predicted molar refractivity (Wildman–Crippen MR) is 40.2 cm³/mol. The molecule has 0 aromatic rings. The lowest BCUT2D eigenvalue weighted by Crippen LogP contribution is -2.22. The highest BCUT2D eigenvalue weighted by Crippen LogP contribution is 2.01. The maximum atomic E-state index is 9.08. The van der Waals surface area contributed by atoms with Gasteiger partial charge in [-0.2, -0.15) is 0 Å². The fourth-order valence-corrected chi connectivity index (χ4v) is 0.841. The van der Waals surface area contributed by atoms with E-state index in [1.165, 1.54) is 7.11 Å². The Kier molecular flexibility index (Phi) is 6.45. The molecule has 2 atom stereocenters. The molecular weight excluding hydrogens is 148 g/mol. The first kappa shape index (κ1) is 10.8. The lowest BCUT2D eigenvalue weighted by molar-refractivity contribution is 0.0182. The second-order valence-corrected chi connectivity index (χ2v) is 2.51. The summed E-state index contributed by atoms with van der Waals surface area (Å²) >= 11 is 0. The van der Waals surface area contributed by atoms with Crippen LogP contribution in [0.25, 0.3) is 0 Å². The van der Waals surface area contributed by atoms with E-state index in [-0.39, 0.29) is 19.6 Å². The third-order valence-electron chi connectivity index (χ3n) is 1.37. The maximum Gasteiger partial charge on any atom is 0.0798 e. The van der Waals surface area contributed by atoms with Crippen LogP contribution in [0.15, 0.2) is 0 Å². The van der Waals surface area contributed by atoms with Gasteiger partial charge < -0.3 is 20.1 Å². The van der Waals surface area contributed by atoms with E-state index in [0.29, 0.717) is 6.42 Å². The molecule has 0 saturated carbocycles. The van der Waals surface area contributed by atoms with E-state index >= 15 is 0 Å². The molecule has 4 heteroatoms. The highest BCUT2D eigenvalue weighted by atomic mass is 16.5. The van der Waals surface area contributed by atoms with E-state index in [4.69, 9.17) is 15.3 Å². The maximum absolute atomic E-state index is 9.08. The molecule has 0 unspecified atom stereocenters. The van der Waals surface area contributed by atoms with Crippen LogP contribution in [0.3, 0.4) is 0 Å². The minimum Gasteiger partial charge on any atom is -0.396 e. The van der Waals surface area contributed by atoms with Crippen LogP contribution in [0.2, 0.25) is 0 Å². The molecule has 4 nitrogen and oxygen atoms in total. The summed E-state index contributed by atoms with van der Waals surface area (Å²) in [5, 5.41) is 26.6. The molecule has 0 fully saturated rings. The smallest absolute Gasteiger partial charge is 0.0798 e. The van der Waals surface area contributed by atoms with Gasteiger partial charge in [-0.15, -0.1) is 0 Å². The van der Waals surface area contributed by atoms with Crippen molar-refractivity contribution in [2.45, 2.75) is 25.0 Å². The molecule has 0 radical (unpaired) electrons. The van der Waals surface area contributed by atoms with Crippen molar-refractivity contribution in [3.63, 3.8) is 0 Å². The summed E-state index contributed by atoms with van der Waals surface area (Å²) in [6.45, 7) is 0.170. The van der Waals surface area contributed by atoms with Gasteiger partial charge in [0, 0.05) is 20.1 Å². The first-order chi connectivity index (χ1) is 5.20. The Bertz CT molecular complexity index is 76.5. The summed E-state index contributed by atoms with van der Waals surface area (Å²) in [7, 11) is 1.49. The van der Waals surface area contributed by atoms with Crippen molar-refractivity contribution in [2.24, 2.45) is 0 Å². The van der Waals surface area contributed by atoms with Crippen molar-refractivity contribution < 1.29 is 20.1 Å². The van der Waals surface area contributed by atoms with Crippen LogP contribution in [0, 0.1) is 0 Å². The standard InChI is InChI=1S/C7H16O4/c1-11-5-7(10)4-6(9)2-3-8/h6-10H,2-5H2,1H3/t6-,7+/m1/s1. The van der Waals surface area contributed by atoms with Crippen LogP contribution in [-0.2, 0) is 4.74 Å². The van der Waals surface area contributed by atoms with E-state index in [2.05, 4.69) is 4.74 Å². The summed E-state index contributed by atoms with van der Waals surface area (Å²) in [6.07, 6.45) is -0.707. The van der Waals surface area contributed by atoms with E-state index in [0.717, 1.165) is 0 Å². The number of aliphatic hydroxyl groups excluding tert-OH is 3. The van der Waals surface area contributed by atoms with Crippen molar-refractivity contribution in [1.29, 1.82) is 0 Å². The fourth-order valence-electron chi connectivity index (χ4n) is 0.841. The van der Waals surface area contributed by atoms with Crippen molar-refractivity contribution >= 4 is 0 Å². The third-order valence-corrected chi connectivity index (χ3v) is 1.37. The number of aliphatic hydroxyl groups is 3. The summed E-state index contributed by atoms with van der Waals surface area (Å²) in [6, 6.07) is 0. The van der Waals surface area contributed by atoms with Gasteiger partial charge in [0.2, 0.25) is 0 Å². The number of hydrogen-bond acceptors (Lipinski definition) is 4. The van der Waals surface area contributed by atoms with Crippen molar-refractivity contribution in [3.05, 3.63) is 0 Å². The minimum atomic E-state index is -0.637. The van der Waals surface area contributed by atoms with E-state index < -0.39 is 12.2 Å². The first-order valence-corrected chi connectivity index (χ1v) is 3.66. The Morgan fingerprint density at radius 3 is 2.36 bits per heavy atom. The monoisotopic (exact) mass is 164 g/mol. The van der Waals surface area contributed by atoms with Crippen LogP contribution in [0.5, 0.6) is 0 Å². The minimum absolute atomic E-state index is 0.0547. The highest BCUT2D eigenvalue weighted by Gasteiger charge is 2.10. The van der Waals surface area contributed by atoms with Crippen molar-refractivity contribution in [3.8, 4) is 0 Å². The van der Waals surface area contributed by atoms with Crippen molar-refractivity contribution in [2.75, 3.05) is 20.3 Å². The zero-order valence-corrected chi connectivity index (χ0v) is 6.73. The average Bonchev–Trinajstić information content (AvgIpc) is 1.87. The molecule has 0 rings (SSSR count). The topological polar surface area (TPSA) is 69.9 Å². The molecule has 0 saturated heterocycles. The molecular formula is C7H16O4. The van der Waals surface area contributed by atoms with E-state index in [1.54, 1.807) is 0 Å². The molecule has 0 aliphatic carbocycles. The average molecular weight is 164 g/mol.